The lowest BCUT2D eigenvalue weighted by Gasteiger charge is -2.65. The van der Waals surface area contributed by atoms with Crippen LogP contribution in [0.5, 0.6) is 0 Å². The third-order valence-corrected chi connectivity index (χ3v) is 12.0. The van der Waals surface area contributed by atoms with E-state index >= 15 is 0 Å². The molecule has 0 aromatic heterocycles. The molecular formula is C33H44N2O6. The van der Waals surface area contributed by atoms with E-state index in [1.807, 2.05) is 6.08 Å². The van der Waals surface area contributed by atoms with Crippen LogP contribution in [-0.2, 0) is 23.9 Å². The molecule has 0 spiro atoms. The molecule has 5 aliphatic rings. The van der Waals surface area contributed by atoms with E-state index in [1.165, 1.54) is 14.0 Å². The Morgan fingerprint density at radius 2 is 1.76 bits per heavy atom. The molecule has 0 saturated heterocycles. The Hall–Kier alpha value is -2.95. The highest BCUT2D eigenvalue weighted by Crippen LogP contribution is 2.69. The van der Waals surface area contributed by atoms with Crippen molar-refractivity contribution in [2.45, 2.75) is 92.0 Å². The van der Waals surface area contributed by atoms with E-state index in [9.17, 15) is 24.4 Å². The van der Waals surface area contributed by atoms with Crippen molar-refractivity contribution in [3.8, 4) is 6.07 Å². The first-order valence-corrected chi connectivity index (χ1v) is 15.0. The van der Waals surface area contributed by atoms with Gasteiger partial charge in [0.25, 0.3) is 0 Å². The van der Waals surface area contributed by atoms with Crippen molar-refractivity contribution in [2.24, 2.45) is 45.3 Å². The second-order valence-electron chi connectivity index (χ2n) is 14.9. The van der Waals surface area contributed by atoms with Gasteiger partial charge in [-0.15, -0.1) is 0 Å². The topological polar surface area (TPSA) is 123 Å². The van der Waals surface area contributed by atoms with Crippen molar-refractivity contribution < 1.29 is 28.7 Å². The number of ether oxygens (including phenoxy) is 2. The average molecular weight is 565 g/mol. The predicted octanol–water partition coefficient (Wildman–Crippen LogP) is 5.47. The minimum Gasteiger partial charge on any atom is -0.465 e. The summed E-state index contributed by atoms with van der Waals surface area (Å²) in [7, 11) is 1.38. The highest BCUT2D eigenvalue weighted by atomic mass is 16.5. The Morgan fingerprint density at radius 1 is 1.05 bits per heavy atom. The number of nitriles is 1. The number of carbonyl (C=O) groups is 4. The SMILES string of the molecule is COC(=O)N[C@@]12CCC3C(C(=O)C=C4[C@@]5(C)C=C(C#N)C(=O)[C@@](C)(COC(C)=O)C5CC[C@]43C)C1CC(C)(C)CC2. The van der Waals surface area contributed by atoms with E-state index in [2.05, 4.69) is 39.1 Å². The number of alkyl carbamates (subject to hydrolysis) is 1. The summed E-state index contributed by atoms with van der Waals surface area (Å²) < 4.78 is 10.4. The zero-order valence-electron chi connectivity index (χ0n) is 25.5. The van der Waals surface area contributed by atoms with Gasteiger partial charge in [-0.1, -0.05) is 39.3 Å². The molecule has 41 heavy (non-hydrogen) atoms. The van der Waals surface area contributed by atoms with Gasteiger partial charge in [-0.3, -0.25) is 14.4 Å². The first-order valence-electron chi connectivity index (χ1n) is 15.0. The van der Waals surface area contributed by atoms with Crippen LogP contribution >= 0.6 is 0 Å². The standard InChI is InChI=1S/C33H44N2O6/c1-19(36)41-18-32(6)24-9-10-30(4)21-8-11-33(35-28(39)40-7)13-12-29(2,3)16-22(33)26(21)23(37)14-25(30)31(24,5)15-20(17-34)27(32)38/h14-15,21-22,24,26H,8-13,16,18H2,1-7H3,(H,35,39)/t21?,22?,24?,26?,30-,31-,32-,33+/m0/s1. The van der Waals surface area contributed by atoms with Gasteiger partial charge in [0, 0.05) is 23.8 Å². The molecule has 1 amide bonds. The van der Waals surface area contributed by atoms with E-state index in [1.54, 1.807) is 13.0 Å². The summed E-state index contributed by atoms with van der Waals surface area (Å²) in [4.78, 5) is 52.2. The molecule has 8 atom stereocenters. The number of allylic oxidation sites excluding steroid dienone is 4. The molecule has 222 valence electrons. The normalized spacial score (nSPS) is 42.6. The molecule has 0 aromatic carbocycles. The van der Waals surface area contributed by atoms with Gasteiger partial charge < -0.3 is 14.8 Å². The van der Waals surface area contributed by atoms with Gasteiger partial charge in [0.1, 0.15) is 12.7 Å². The zero-order chi connectivity index (χ0) is 30.2. The van der Waals surface area contributed by atoms with E-state index in [4.69, 9.17) is 9.47 Å². The van der Waals surface area contributed by atoms with Gasteiger partial charge in [-0.2, -0.15) is 5.26 Å². The van der Waals surface area contributed by atoms with Gasteiger partial charge in [-0.05, 0) is 86.5 Å². The highest BCUT2D eigenvalue weighted by molar-refractivity contribution is 6.05. The number of hydrogen-bond donors (Lipinski definition) is 1. The number of rotatable bonds is 3. The molecule has 8 heteroatoms. The number of amides is 1. The Labute approximate surface area is 243 Å². The van der Waals surface area contributed by atoms with Crippen molar-refractivity contribution >= 4 is 23.6 Å². The first-order chi connectivity index (χ1) is 19.1. The molecule has 1 N–H and O–H groups in total. The maximum atomic E-state index is 14.4. The van der Waals surface area contributed by atoms with Crippen LogP contribution < -0.4 is 5.32 Å². The fraction of sp³-hybridized carbons (Fsp3) is 0.727. The van der Waals surface area contributed by atoms with Crippen molar-refractivity contribution in [1.82, 2.24) is 5.32 Å². The van der Waals surface area contributed by atoms with Gasteiger partial charge in [-0.25, -0.2) is 4.79 Å². The third kappa shape index (κ3) is 4.29. The Morgan fingerprint density at radius 3 is 2.39 bits per heavy atom. The summed E-state index contributed by atoms with van der Waals surface area (Å²) in [6.07, 6.45) is 8.88. The number of ketones is 2. The lowest BCUT2D eigenvalue weighted by molar-refractivity contribution is -0.154. The summed E-state index contributed by atoms with van der Waals surface area (Å²) in [5.74, 6) is -1.07. The molecule has 3 fully saturated rings. The lowest BCUT2D eigenvalue weighted by Crippen LogP contribution is -2.66. The summed E-state index contributed by atoms with van der Waals surface area (Å²) in [5, 5.41) is 13.2. The predicted molar refractivity (Wildman–Crippen MR) is 151 cm³/mol. The molecule has 4 unspecified atom stereocenters. The van der Waals surface area contributed by atoms with Crippen LogP contribution in [0.3, 0.4) is 0 Å². The van der Waals surface area contributed by atoms with Crippen LogP contribution in [0.4, 0.5) is 4.79 Å². The van der Waals surface area contributed by atoms with Gasteiger partial charge in [0.05, 0.1) is 18.1 Å². The number of Topliss-reactive ketones (excluding diaryl/α,β-unsaturated/α-hetero) is 1. The fourth-order valence-electron chi connectivity index (χ4n) is 9.99. The molecule has 0 radical (unpaired) electrons. The van der Waals surface area contributed by atoms with Crippen LogP contribution in [0.15, 0.2) is 23.3 Å². The zero-order valence-corrected chi connectivity index (χ0v) is 25.5. The van der Waals surface area contributed by atoms with Crippen molar-refractivity contribution in [3.63, 3.8) is 0 Å². The van der Waals surface area contributed by atoms with Crippen molar-refractivity contribution in [3.05, 3.63) is 23.3 Å². The maximum Gasteiger partial charge on any atom is 0.407 e. The lowest BCUT2D eigenvalue weighted by atomic mass is 9.39. The number of carbonyl (C=O) groups excluding carboxylic acids is 4. The van der Waals surface area contributed by atoms with Crippen LogP contribution in [0, 0.1) is 56.7 Å². The maximum absolute atomic E-state index is 14.4. The van der Waals surface area contributed by atoms with Crippen molar-refractivity contribution in [2.75, 3.05) is 13.7 Å². The van der Waals surface area contributed by atoms with Crippen LogP contribution in [-0.4, -0.2) is 42.9 Å². The largest absolute Gasteiger partial charge is 0.465 e. The second kappa shape index (κ2) is 9.54. The Bertz CT molecular complexity index is 1310. The highest BCUT2D eigenvalue weighted by Gasteiger charge is 2.66. The Balaban J connectivity index is 1.62. The third-order valence-electron chi connectivity index (χ3n) is 12.0. The van der Waals surface area contributed by atoms with E-state index < -0.39 is 28.4 Å². The molecule has 5 rings (SSSR count). The average Bonchev–Trinajstić information content (AvgIpc) is 2.90. The monoisotopic (exact) mass is 564 g/mol. The molecule has 3 saturated carbocycles. The minimum absolute atomic E-state index is 0.0101. The molecule has 0 aliphatic heterocycles. The first kappa shape index (κ1) is 29.5. The van der Waals surface area contributed by atoms with E-state index in [0.717, 1.165) is 44.1 Å². The van der Waals surface area contributed by atoms with Crippen LogP contribution in [0.1, 0.15) is 86.5 Å². The molecule has 0 heterocycles. The second-order valence-corrected chi connectivity index (χ2v) is 14.9. The number of hydrogen-bond acceptors (Lipinski definition) is 7. The summed E-state index contributed by atoms with van der Waals surface area (Å²) in [5.41, 5.74) is -1.47. The number of fused-ring (bicyclic) bond motifs is 7. The molecule has 0 aromatic rings. The van der Waals surface area contributed by atoms with E-state index in [-0.39, 0.29) is 58.2 Å². The number of esters is 1. The molecular weight excluding hydrogens is 520 g/mol. The smallest absolute Gasteiger partial charge is 0.407 e. The summed E-state index contributed by atoms with van der Waals surface area (Å²) in [6.45, 7) is 11.8. The quantitative estimate of drug-likeness (QED) is 0.451. The van der Waals surface area contributed by atoms with E-state index in [0.29, 0.717) is 6.42 Å². The fourth-order valence-corrected chi connectivity index (χ4v) is 9.99. The molecule has 8 nitrogen and oxygen atoms in total. The van der Waals surface area contributed by atoms with Crippen molar-refractivity contribution in [1.29, 1.82) is 5.26 Å². The number of nitrogens with one attached hydrogen (secondary N) is 1. The van der Waals surface area contributed by atoms with Crippen LogP contribution in [0.25, 0.3) is 0 Å². The van der Waals surface area contributed by atoms with Crippen LogP contribution in [0.2, 0.25) is 0 Å². The summed E-state index contributed by atoms with van der Waals surface area (Å²) >= 11 is 0. The summed E-state index contributed by atoms with van der Waals surface area (Å²) in [6, 6.07) is 2.11. The number of nitrogens with zero attached hydrogens (tertiary/aromatic N) is 1. The molecule has 5 aliphatic carbocycles. The van der Waals surface area contributed by atoms with Gasteiger partial charge in [0.15, 0.2) is 11.6 Å². The molecule has 0 bridgehead atoms. The Kier molecular flexibility index (Phi) is 6.87. The van der Waals surface area contributed by atoms with Gasteiger partial charge >= 0.3 is 12.1 Å². The number of methoxy groups -OCH3 is 1. The minimum atomic E-state index is -1.07. The van der Waals surface area contributed by atoms with Gasteiger partial charge in [0.2, 0.25) is 0 Å².